The number of para-hydroxylation sites is 1. The molecule has 0 spiro atoms. The van der Waals surface area contributed by atoms with Gasteiger partial charge in [-0.2, -0.15) is 0 Å². The maximum absolute atomic E-state index is 12.9. The SMILES string of the molecule is O=C(CCn1nnc2ccccc2c1=O)N1CCCC1c1nc2ccccc2s1. The molecule has 3 heterocycles. The second-order valence-electron chi connectivity index (χ2n) is 7.15. The Hall–Kier alpha value is -3.13. The number of rotatable bonds is 4. The van der Waals surface area contributed by atoms with E-state index in [9.17, 15) is 9.59 Å². The molecule has 0 N–H and O–H groups in total. The van der Waals surface area contributed by atoms with Crippen molar-refractivity contribution >= 4 is 38.4 Å². The number of fused-ring (bicyclic) bond motifs is 2. The van der Waals surface area contributed by atoms with E-state index in [1.54, 1.807) is 29.5 Å². The molecule has 0 saturated carbocycles. The molecule has 2 aromatic heterocycles. The summed E-state index contributed by atoms with van der Waals surface area (Å²) in [4.78, 5) is 32.1. The average molecular weight is 405 g/mol. The first-order chi connectivity index (χ1) is 14.2. The largest absolute Gasteiger partial charge is 0.333 e. The number of hydrogen-bond donors (Lipinski definition) is 0. The molecule has 1 amide bonds. The van der Waals surface area contributed by atoms with E-state index in [0.717, 1.165) is 34.6 Å². The van der Waals surface area contributed by atoms with Crippen molar-refractivity contribution in [3.05, 3.63) is 63.9 Å². The van der Waals surface area contributed by atoms with Crippen LogP contribution in [-0.2, 0) is 11.3 Å². The number of aryl methyl sites for hydroxylation is 1. The van der Waals surface area contributed by atoms with Crippen molar-refractivity contribution in [1.82, 2.24) is 24.9 Å². The molecule has 1 aliphatic rings. The van der Waals surface area contributed by atoms with E-state index in [4.69, 9.17) is 4.98 Å². The van der Waals surface area contributed by atoms with Crippen LogP contribution in [0.1, 0.15) is 30.3 Å². The molecule has 2 aromatic carbocycles. The van der Waals surface area contributed by atoms with Gasteiger partial charge in [0.15, 0.2) is 0 Å². The van der Waals surface area contributed by atoms with Crippen molar-refractivity contribution in [3.8, 4) is 0 Å². The molecule has 8 heteroatoms. The highest BCUT2D eigenvalue weighted by atomic mass is 32.1. The van der Waals surface area contributed by atoms with Crippen molar-refractivity contribution in [2.45, 2.75) is 31.8 Å². The molecule has 7 nitrogen and oxygen atoms in total. The van der Waals surface area contributed by atoms with Crippen molar-refractivity contribution < 1.29 is 4.79 Å². The number of benzene rings is 2. The van der Waals surface area contributed by atoms with Crippen LogP contribution in [-0.4, -0.2) is 37.3 Å². The first kappa shape index (κ1) is 17.9. The molecule has 1 saturated heterocycles. The summed E-state index contributed by atoms with van der Waals surface area (Å²) in [6, 6.07) is 15.2. The van der Waals surface area contributed by atoms with Crippen molar-refractivity contribution in [1.29, 1.82) is 0 Å². The lowest BCUT2D eigenvalue weighted by molar-refractivity contribution is -0.132. The Balaban J connectivity index is 1.34. The minimum atomic E-state index is -0.215. The lowest BCUT2D eigenvalue weighted by Gasteiger charge is -2.23. The predicted molar refractivity (Wildman–Crippen MR) is 112 cm³/mol. The fraction of sp³-hybridized carbons (Fsp3) is 0.286. The molecule has 4 aromatic rings. The van der Waals surface area contributed by atoms with Gasteiger partial charge in [-0.3, -0.25) is 9.59 Å². The van der Waals surface area contributed by atoms with Gasteiger partial charge in [0.05, 0.1) is 28.2 Å². The van der Waals surface area contributed by atoms with Gasteiger partial charge < -0.3 is 4.90 Å². The summed E-state index contributed by atoms with van der Waals surface area (Å²) in [7, 11) is 0. The summed E-state index contributed by atoms with van der Waals surface area (Å²) in [6.07, 6.45) is 2.09. The molecule has 1 unspecified atom stereocenters. The van der Waals surface area contributed by atoms with Crippen LogP contribution in [0.4, 0.5) is 0 Å². The van der Waals surface area contributed by atoms with Crippen LogP contribution in [0.2, 0.25) is 0 Å². The summed E-state index contributed by atoms with van der Waals surface area (Å²) >= 11 is 1.65. The third kappa shape index (κ3) is 3.29. The Morgan fingerprint density at radius 2 is 1.90 bits per heavy atom. The maximum Gasteiger partial charge on any atom is 0.277 e. The lowest BCUT2D eigenvalue weighted by atomic mass is 10.2. The van der Waals surface area contributed by atoms with Gasteiger partial charge in [0, 0.05) is 13.0 Å². The molecule has 0 aliphatic carbocycles. The molecule has 29 heavy (non-hydrogen) atoms. The van der Waals surface area contributed by atoms with E-state index in [2.05, 4.69) is 16.4 Å². The monoisotopic (exact) mass is 405 g/mol. The Bertz CT molecular complexity index is 1230. The number of nitrogens with zero attached hydrogens (tertiary/aromatic N) is 5. The fourth-order valence-corrected chi connectivity index (χ4v) is 4.98. The Kier molecular flexibility index (Phi) is 4.55. The van der Waals surface area contributed by atoms with Crippen LogP contribution in [0.25, 0.3) is 21.1 Å². The van der Waals surface area contributed by atoms with Crippen LogP contribution in [0.5, 0.6) is 0 Å². The summed E-state index contributed by atoms with van der Waals surface area (Å²) in [5.74, 6) is 0.0219. The second kappa shape index (κ2) is 7.36. The van der Waals surface area contributed by atoms with Gasteiger partial charge in [0.1, 0.15) is 10.5 Å². The second-order valence-corrected chi connectivity index (χ2v) is 8.21. The van der Waals surface area contributed by atoms with Gasteiger partial charge in [-0.1, -0.05) is 29.5 Å². The van der Waals surface area contributed by atoms with E-state index < -0.39 is 0 Å². The number of aromatic nitrogens is 4. The van der Waals surface area contributed by atoms with Crippen LogP contribution in [0.15, 0.2) is 53.3 Å². The summed E-state index contributed by atoms with van der Waals surface area (Å²) in [5.41, 5.74) is 1.33. The van der Waals surface area contributed by atoms with Crippen LogP contribution in [0.3, 0.4) is 0 Å². The third-order valence-corrected chi connectivity index (χ3v) is 6.47. The molecule has 1 fully saturated rings. The van der Waals surface area contributed by atoms with E-state index in [1.807, 2.05) is 29.2 Å². The highest BCUT2D eigenvalue weighted by Crippen LogP contribution is 2.36. The predicted octanol–water partition coefficient (Wildman–Crippen LogP) is 3.16. The quantitative estimate of drug-likeness (QED) is 0.521. The number of amides is 1. The minimum Gasteiger partial charge on any atom is -0.333 e. The molecule has 0 bridgehead atoms. The Morgan fingerprint density at radius 3 is 2.76 bits per heavy atom. The van der Waals surface area contributed by atoms with Gasteiger partial charge in [0.2, 0.25) is 5.91 Å². The van der Waals surface area contributed by atoms with Gasteiger partial charge in [0.25, 0.3) is 5.56 Å². The van der Waals surface area contributed by atoms with Gasteiger partial charge in [-0.05, 0) is 37.1 Å². The van der Waals surface area contributed by atoms with E-state index in [1.165, 1.54) is 4.68 Å². The molecular formula is C21H19N5O2S. The number of carbonyl (C=O) groups excluding carboxylic acids is 1. The molecule has 146 valence electrons. The van der Waals surface area contributed by atoms with Gasteiger partial charge in [-0.15, -0.1) is 16.4 Å². The lowest BCUT2D eigenvalue weighted by Crippen LogP contribution is -2.33. The molecule has 1 aliphatic heterocycles. The summed E-state index contributed by atoms with van der Waals surface area (Å²) in [6.45, 7) is 0.941. The van der Waals surface area contributed by atoms with Crippen LogP contribution < -0.4 is 5.56 Å². The summed E-state index contributed by atoms with van der Waals surface area (Å²) < 4.78 is 2.42. The van der Waals surface area contributed by atoms with E-state index in [0.29, 0.717) is 10.9 Å². The molecular weight excluding hydrogens is 386 g/mol. The third-order valence-electron chi connectivity index (χ3n) is 5.34. The van der Waals surface area contributed by atoms with E-state index in [-0.39, 0.29) is 30.5 Å². The van der Waals surface area contributed by atoms with Crippen molar-refractivity contribution in [3.63, 3.8) is 0 Å². The normalized spacial score (nSPS) is 16.7. The zero-order valence-electron chi connectivity index (χ0n) is 15.7. The molecule has 1 atom stereocenters. The highest BCUT2D eigenvalue weighted by Gasteiger charge is 2.32. The molecule has 5 rings (SSSR count). The number of carbonyl (C=O) groups is 1. The standard InChI is InChI=1S/C21H19N5O2S/c27-19(11-13-26-21(28)14-6-1-2-7-15(14)23-24-26)25-12-5-9-17(25)20-22-16-8-3-4-10-18(16)29-20/h1-4,6-8,10,17H,5,9,11-13H2. The molecule has 0 radical (unpaired) electrons. The first-order valence-corrected chi connectivity index (χ1v) is 10.5. The van der Waals surface area contributed by atoms with Crippen LogP contribution >= 0.6 is 11.3 Å². The van der Waals surface area contributed by atoms with Gasteiger partial charge >= 0.3 is 0 Å². The fourth-order valence-electron chi connectivity index (χ4n) is 3.87. The minimum absolute atomic E-state index is 0.0132. The average Bonchev–Trinajstić information content (AvgIpc) is 3.40. The maximum atomic E-state index is 12.9. The highest BCUT2D eigenvalue weighted by molar-refractivity contribution is 7.18. The summed E-state index contributed by atoms with van der Waals surface area (Å²) in [5, 5.41) is 9.57. The zero-order valence-corrected chi connectivity index (χ0v) is 16.5. The number of thiazole rings is 1. The smallest absolute Gasteiger partial charge is 0.277 e. The number of likely N-dealkylation sites (tertiary alicyclic amines) is 1. The zero-order chi connectivity index (χ0) is 19.8. The van der Waals surface area contributed by atoms with Crippen LogP contribution in [0, 0.1) is 0 Å². The van der Waals surface area contributed by atoms with Gasteiger partial charge in [-0.25, -0.2) is 9.67 Å². The Morgan fingerprint density at radius 1 is 1.10 bits per heavy atom. The number of hydrogen-bond acceptors (Lipinski definition) is 6. The van der Waals surface area contributed by atoms with Crippen molar-refractivity contribution in [2.75, 3.05) is 6.54 Å². The van der Waals surface area contributed by atoms with Crippen molar-refractivity contribution in [2.24, 2.45) is 0 Å². The van der Waals surface area contributed by atoms with E-state index >= 15 is 0 Å². The topological polar surface area (TPSA) is 81.0 Å². The Labute approximate surface area is 170 Å². The first-order valence-electron chi connectivity index (χ1n) is 9.68.